The van der Waals surface area contributed by atoms with Crippen molar-refractivity contribution in [2.24, 2.45) is 0 Å². The van der Waals surface area contributed by atoms with Gasteiger partial charge in [-0.3, -0.25) is 10.1 Å². The van der Waals surface area contributed by atoms with E-state index in [1.54, 1.807) is 0 Å². The average Bonchev–Trinajstić information content (AvgIpc) is 1.99. The predicted octanol–water partition coefficient (Wildman–Crippen LogP) is 1.62. The highest BCUT2D eigenvalue weighted by atomic mass is 16.6. The number of phenols is 1. The number of aryl methyl sites for hydroxylation is 1. The standard InChI is InChI=1S/C9H9NO5/c1-4-3-6(11)7(9(12)13)5(2)8(4)10(14)15/h3,11H,1-2H3,(H,12,13). The van der Waals surface area contributed by atoms with Crippen LogP contribution in [0.2, 0.25) is 0 Å². The third-order valence-corrected chi connectivity index (χ3v) is 2.11. The fourth-order valence-electron chi connectivity index (χ4n) is 1.50. The second-order valence-corrected chi connectivity index (χ2v) is 3.12. The van der Waals surface area contributed by atoms with Gasteiger partial charge in [-0.2, -0.15) is 0 Å². The minimum atomic E-state index is -1.38. The summed E-state index contributed by atoms with van der Waals surface area (Å²) >= 11 is 0. The number of carbonyl (C=O) groups is 1. The number of carboxylic acids is 1. The van der Waals surface area contributed by atoms with E-state index in [0.29, 0.717) is 0 Å². The van der Waals surface area contributed by atoms with Crippen LogP contribution in [0.5, 0.6) is 5.75 Å². The Morgan fingerprint density at radius 1 is 1.47 bits per heavy atom. The molecule has 0 saturated heterocycles. The topological polar surface area (TPSA) is 101 Å². The summed E-state index contributed by atoms with van der Waals surface area (Å²) < 4.78 is 0. The van der Waals surface area contributed by atoms with Crippen molar-refractivity contribution in [3.05, 3.63) is 32.9 Å². The van der Waals surface area contributed by atoms with Crippen LogP contribution in [0.15, 0.2) is 6.07 Å². The maximum Gasteiger partial charge on any atom is 0.340 e. The minimum absolute atomic E-state index is 0.0370. The molecule has 0 bridgehead atoms. The van der Waals surface area contributed by atoms with Crippen LogP contribution in [0.3, 0.4) is 0 Å². The number of nitro benzene ring substituents is 1. The fourth-order valence-corrected chi connectivity index (χ4v) is 1.50. The Balaban J connectivity index is 3.64. The van der Waals surface area contributed by atoms with Gasteiger partial charge in [0.2, 0.25) is 0 Å². The molecule has 0 aromatic heterocycles. The lowest BCUT2D eigenvalue weighted by Gasteiger charge is -2.06. The zero-order valence-corrected chi connectivity index (χ0v) is 8.14. The van der Waals surface area contributed by atoms with Crippen molar-refractivity contribution in [1.82, 2.24) is 0 Å². The molecule has 6 heteroatoms. The van der Waals surface area contributed by atoms with Crippen LogP contribution in [0.25, 0.3) is 0 Å². The maximum absolute atomic E-state index is 10.7. The smallest absolute Gasteiger partial charge is 0.340 e. The molecule has 0 radical (unpaired) electrons. The SMILES string of the molecule is Cc1cc(O)c(C(=O)O)c(C)c1[N+](=O)[O-]. The molecule has 0 fully saturated rings. The zero-order valence-electron chi connectivity index (χ0n) is 8.14. The molecule has 1 aromatic carbocycles. The lowest BCUT2D eigenvalue weighted by molar-refractivity contribution is -0.386. The Labute approximate surface area is 84.9 Å². The molecular weight excluding hydrogens is 202 g/mol. The molecule has 0 spiro atoms. The summed E-state index contributed by atoms with van der Waals surface area (Å²) in [6.07, 6.45) is 0. The number of nitrogens with zero attached hydrogens (tertiary/aromatic N) is 1. The highest BCUT2D eigenvalue weighted by molar-refractivity contribution is 5.94. The van der Waals surface area contributed by atoms with Gasteiger partial charge in [0.15, 0.2) is 0 Å². The average molecular weight is 211 g/mol. The number of hydrogen-bond acceptors (Lipinski definition) is 4. The van der Waals surface area contributed by atoms with E-state index in [-0.39, 0.29) is 16.8 Å². The van der Waals surface area contributed by atoms with Crippen molar-refractivity contribution in [2.75, 3.05) is 0 Å². The number of carboxylic acid groups (broad SMARTS) is 1. The molecule has 0 heterocycles. The first-order valence-corrected chi connectivity index (χ1v) is 4.07. The number of rotatable bonds is 2. The van der Waals surface area contributed by atoms with Gasteiger partial charge in [0.1, 0.15) is 11.3 Å². The summed E-state index contributed by atoms with van der Waals surface area (Å²) in [7, 11) is 0. The van der Waals surface area contributed by atoms with Crippen LogP contribution in [0.1, 0.15) is 21.5 Å². The van der Waals surface area contributed by atoms with Crippen molar-refractivity contribution in [3.8, 4) is 5.75 Å². The molecule has 15 heavy (non-hydrogen) atoms. The van der Waals surface area contributed by atoms with Gasteiger partial charge in [-0.15, -0.1) is 0 Å². The monoisotopic (exact) mass is 211 g/mol. The summed E-state index contributed by atoms with van der Waals surface area (Å²) in [5, 5.41) is 28.8. The van der Waals surface area contributed by atoms with Gasteiger partial charge < -0.3 is 10.2 Å². The van der Waals surface area contributed by atoms with Gasteiger partial charge in [-0.1, -0.05) is 0 Å². The van der Waals surface area contributed by atoms with Gasteiger partial charge in [-0.25, -0.2) is 4.79 Å². The van der Waals surface area contributed by atoms with Gasteiger partial charge in [0.25, 0.3) is 5.69 Å². The van der Waals surface area contributed by atoms with E-state index in [4.69, 9.17) is 5.11 Å². The second-order valence-electron chi connectivity index (χ2n) is 3.12. The van der Waals surface area contributed by atoms with Gasteiger partial charge in [0.05, 0.1) is 4.92 Å². The van der Waals surface area contributed by atoms with E-state index in [9.17, 15) is 20.0 Å². The Morgan fingerprint density at radius 2 is 2.00 bits per heavy atom. The quantitative estimate of drug-likeness (QED) is 0.571. The van der Waals surface area contributed by atoms with Crippen LogP contribution in [-0.2, 0) is 0 Å². The Bertz CT molecular complexity index is 414. The van der Waals surface area contributed by atoms with Crippen LogP contribution < -0.4 is 0 Å². The predicted molar refractivity (Wildman–Crippen MR) is 51.2 cm³/mol. The zero-order chi connectivity index (χ0) is 11.7. The van der Waals surface area contributed by atoms with Gasteiger partial charge >= 0.3 is 5.97 Å². The molecular formula is C9H9NO5. The Kier molecular flexibility index (Phi) is 2.61. The third-order valence-electron chi connectivity index (χ3n) is 2.11. The number of hydrogen-bond donors (Lipinski definition) is 2. The summed E-state index contributed by atoms with van der Waals surface area (Å²) in [5.74, 6) is -1.84. The maximum atomic E-state index is 10.7. The number of benzene rings is 1. The number of aromatic carboxylic acids is 1. The highest BCUT2D eigenvalue weighted by Crippen LogP contribution is 2.32. The lowest BCUT2D eigenvalue weighted by atomic mass is 10.0. The van der Waals surface area contributed by atoms with Crippen LogP contribution in [-0.4, -0.2) is 21.1 Å². The van der Waals surface area contributed by atoms with Crippen molar-refractivity contribution in [1.29, 1.82) is 0 Å². The van der Waals surface area contributed by atoms with E-state index in [1.807, 2.05) is 0 Å². The molecule has 0 unspecified atom stereocenters. The fraction of sp³-hybridized carbons (Fsp3) is 0.222. The molecule has 1 aromatic rings. The molecule has 0 amide bonds. The van der Waals surface area contributed by atoms with E-state index in [2.05, 4.69) is 0 Å². The molecule has 6 nitrogen and oxygen atoms in total. The molecule has 0 aliphatic carbocycles. The lowest BCUT2D eigenvalue weighted by Crippen LogP contribution is -2.05. The first-order chi connectivity index (χ1) is 6.86. The summed E-state index contributed by atoms with van der Waals surface area (Å²) in [6.45, 7) is 2.74. The molecule has 0 aliphatic heterocycles. The third kappa shape index (κ3) is 1.74. The van der Waals surface area contributed by atoms with Crippen molar-refractivity contribution in [2.45, 2.75) is 13.8 Å². The van der Waals surface area contributed by atoms with Crippen molar-refractivity contribution in [3.63, 3.8) is 0 Å². The first kappa shape index (κ1) is 11.0. The van der Waals surface area contributed by atoms with Gasteiger partial charge in [-0.05, 0) is 19.9 Å². The largest absolute Gasteiger partial charge is 0.507 e. The van der Waals surface area contributed by atoms with Crippen molar-refractivity contribution >= 4 is 11.7 Å². The van der Waals surface area contributed by atoms with E-state index in [1.165, 1.54) is 13.8 Å². The summed E-state index contributed by atoms with van der Waals surface area (Å²) in [6, 6.07) is 1.08. The first-order valence-electron chi connectivity index (χ1n) is 4.07. The Morgan fingerprint density at radius 3 is 2.40 bits per heavy atom. The summed E-state index contributed by atoms with van der Waals surface area (Å²) in [5.41, 5.74) is -0.498. The van der Waals surface area contributed by atoms with E-state index in [0.717, 1.165) is 6.07 Å². The Hall–Kier alpha value is -2.11. The minimum Gasteiger partial charge on any atom is -0.507 e. The molecule has 0 saturated carbocycles. The van der Waals surface area contributed by atoms with Crippen LogP contribution >= 0.6 is 0 Å². The second kappa shape index (κ2) is 3.56. The van der Waals surface area contributed by atoms with Crippen LogP contribution in [0, 0.1) is 24.0 Å². The normalized spacial score (nSPS) is 10.0. The van der Waals surface area contributed by atoms with Gasteiger partial charge in [0, 0.05) is 11.1 Å². The molecule has 1 rings (SSSR count). The number of nitro groups is 1. The van der Waals surface area contributed by atoms with E-state index >= 15 is 0 Å². The molecule has 80 valence electrons. The molecule has 2 N–H and O–H groups in total. The van der Waals surface area contributed by atoms with Crippen LogP contribution in [0.4, 0.5) is 5.69 Å². The molecule has 0 atom stereocenters. The van der Waals surface area contributed by atoms with E-state index < -0.39 is 22.2 Å². The highest BCUT2D eigenvalue weighted by Gasteiger charge is 2.24. The number of aromatic hydroxyl groups is 1. The molecule has 0 aliphatic rings. The summed E-state index contributed by atoms with van der Waals surface area (Å²) in [4.78, 5) is 20.7. The van der Waals surface area contributed by atoms with Crippen molar-refractivity contribution < 1.29 is 19.9 Å².